The zero-order valence-electron chi connectivity index (χ0n) is 11.2. The molecule has 0 aliphatic rings. The van der Waals surface area contributed by atoms with Gasteiger partial charge in [-0.15, -0.1) is 0 Å². The monoisotopic (exact) mass is 268 g/mol. The first-order chi connectivity index (χ1) is 9.65. The second-order valence-corrected chi connectivity index (χ2v) is 4.52. The van der Waals surface area contributed by atoms with Gasteiger partial charge in [0.1, 0.15) is 5.75 Å². The number of aryl methyl sites for hydroxylation is 1. The van der Waals surface area contributed by atoms with Crippen LogP contribution in [0.25, 0.3) is 0 Å². The minimum absolute atomic E-state index is 0.136. The van der Waals surface area contributed by atoms with Crippen LogP contribution in [0, 0.1) is 6.92 Å². The first-order valence-corrected chi connectivity index (χ1v) is 6.30. The third-order valence-corrected chi connectivity index (χ3v) is 2.78. The van der Waals surface area contributed by atoms with Crippen LogP contribution in [0.4, 0.5) is 0 Å². The van der Waals surface area contributed by atoms with Crippen molar-refractivity contribution < 1.29 is 9.90 Å². The van der Waals surface area contributed by atoms with E-state index in [9.17, 15) is 9.90 Å². The molecule has 0 unspecified atom stereocenters. The molecule has 20 heavy (non-hydrogen) atoms. The summed E-state index contributed by atoms with van der Waals surface area (Å²) in [7, 11) is 0. The lowest BCUT2D eigenvalue weighted by Crippen LogP contribution is -2.19. The average molecular weight is 268 g/mol. The molecule has 2 rings (SSSR count). The van der Waals surface area contributed by atoms with Gasteiger partial charge in [-0.1, -0.05) is 42.0 Å². The molecular weight excluding hydrogens is 252 g/mol. The molecule has 0 bridgehead atoms. The number of phenolic OH excluding ortho intramolecular Hbond substituents is 1. The lowest BCUT2D eigenvalue weighted by Gasteiger charge is -2.01. The molecule has 0 heterocycles. The Hall–Kier alpha value is -2.62. The van der Waals surface area contributed by atoms with Crippen molar-refractivity contribution in [2.75, 3.05) is 0 Å². The van der Waals surface area contributed by atoms with E-state index in [1.165, 1.54) is 6.21 Å². The van der Waals surface area contributed by atoms with E-state index in [2.05, 4.69) is 10.5 Å². The fraction of sp³-hybridized carbons (Fsp3) is 0.125. The first-order valence-electron chi connectivity index (χ1n) is 6.30. The number of benzene rings is 2. The molecule has 0 aliphatic carbocycles. The molecule has 0 atom stereocenters. The number of aromatic hydroxyl groups is 1. The SMILES string of the molecule is Cc1ccc(O)c(C=NNC(=O)Cc2ccccc2)c1. The molecular formula is C16H16N2O2. The van der Waals surface area contributed by atoms with Crippen LogP contribution in [0.1, 0.15) is 16.7 Å². The summed E-state index contributed by atoms with van der Waals surface area (Å²) in [6.07, 6.45) is 1.71. The number of phenols is 1. The zero-order valence-corrected chi connectivity index (χ0v) is 11.2. The predicted molar refractivity (Wildman–Crippen MR) is 78.7 cm³/mol. The van der Waals surface area contributed by atoms with Crippen molar-refractivity contribution in [2.45, 2.75) is 13.3 Å². The Kier molecular flexibility index (Phi) is 4.50. The fourth-order valence-corrected chi connectivity index (χ4v) is 1.77. The summed E-state index contributed by atoms with van der Waals surface area (Å²) >= 11 is 0. The van der Waals surface area contributed by atoms with Crippen LogP contribution < -0.4 is 5.43 Å². The van der Waals surface area contributed by atoms with Crippen molar-refractivity contribution in [3.63, 3.8) is 0 Å². The zero-order chi connectivity index (χ0) is 14.4. The Bertz CT molecular complexity index is 622. The highest BCUT2D eigenvalue weighted by molar-refractivity contribution is 5.85. The van der Waals surface area contributed by atoms with Gasteiger partial charge in [-0.25, -0.2) is 5.43 Å². The molecule has 2 aromatic carbocycles. The van der Waals surface area contributed by atoms with Gasteiger partial charge in [0.15, 0.2) is 0 Å². The maximum Gasteiger partial charge on any atom is 0.244 e. The van der Waals surface area contributed by atoms with Crippen LogP contribution in [-0.4, -0.2) is 17.2 Å². The maximum atomic E-state index is 11.7. The Labute approximate surface area is 117 Å². The minimum Gasteiger partial charge on any atom is -0.507 e. The lowest BCUT2D eigenvalue weighted by molar-refractivity contribution is -0.120. The van der Waals surface area contributed by atoms with Crippen LogP contribution in [-0.2, 0) is 11.2 Å². The molecule has 0 radical (unpaired) electrons. The van der Waals surface area contributed by atoms with Crippen LogP contribution in [0.5, 0.6) is 5.75 Å². The van der Waals surface area contributed by atoms with Crippen LogP contribution in [0.2, 0.25) is 0 Å². The second-order valence-electron chi connectivity index (χ2n) is 4.52. The Morgan fingerprint density at radius 1 is 1.25 bits per heavy atom. The molecule has 1 amide bonds. The number of nitrogens with one attached hydrogen (secondary N) is 1. The summed E-state index contributed by atoms with van der Waals surface area (Å²) in [6, 6.07) is 14.6. The molecule has 0 spiro atoms. The number of hydrogen-bond acceptors (Lipinski definition) is 3. The van der Waals surface area contributed by atoms with Crippen molar-refractivity contribution in [3.8, 4) is 5.75 Å². The van der Waals surface area contributed by atoms with Crippen LogP contribution >= 0.6 is 0 Å². The van der Waals surface area contributed by atoms with Gasteiger partial charge in [0, 0.05) is 5.56 Å². The van der Waals surface area contributed by atoms with E-state index < -0.39 is 0 Å². The topological polar surface area (TPSA) is 61.7 Å². The van der Waals surface area contributed by atoms with Gasteiger partial charge in [0.05, 0.1) is 12.6 Å². The highest BCUT2D eigenvalue weighted by atomic mass is 16.3. The molecule has 4 heteroatoms. The van der Waals surface area contributed by atoms with E-state index in [0.717, 1.165) is 11.1 Å². The van der Waals surface area contributed by atoms with Crippen molar-refractivity contribution in [3.05, 3.63) is 65.2 Å². The van der Waals surface area contributed by atoms with Gasteiger partial charge in [-0.3, -0.25) is 4.79 Å². The highest BCUT2D eigenvalue weighted by Gasteiger charge is 2.01. The largest absolute Gasteiger partial charge is 0.507 e. The summed E-state index contributed by atoms with van der Waals surface area (Å²) in [4.78, 5) is 11.7. The normalized spacial score (nSPS) is 10.7. The standard InChI is InChI=1S/C16H16N2O2/c1-12-7-8-15(19)14(9-12)11-17-18-16(20)10-13-5-3-2-4-6-13/h2-9,11,19H,10H2,1H3,(H,18,20). The number of hydrazone groups is 1. The van der Waals surface area contributed by atoms with Crippen LogP contribution in [0.3, 0.4) is 0 Å². The fourth-order valence-electron chi connectivity index (χ4n) is 1.77. The molecule has 4 nitrogen and oxygen atoms in total. The van der Waals surface area contributed by atoms with Crippen molar-refractivity contribution in [2.24, 2.45) is 5.10 Å². The third-order valence-electron chi connectivity index (χ3n) is 2.78. The predicted octanol–water partition coefficient (Wildman–Crippen LogP) is 2.39. The van der Waals surface area contributed by atoms with Gasteiger partial charge in [0.2, 0.25) is 5.91 Å². The van der Waals surface area contributed by atoms with Crippen LogP contribution in [0.15, 0.2) is 53.6 Å². The number of carbonyl (C=O) groups excluding carboxylic acids is 1. The van der Waals surface area contributed by atoms with Gasteiger partial charge in [-0.2, -0.15) is 5.10 Å². The van der Waals surface area contributed by atoms with Crippen molar-refractivity contribution in [1.82, 2.24) is 5.43 Å². The summed E-state index contributed by atoms with van der Waals surface area (Å²) in [5.74, 6) is -0.0590. The van der Waals surface area contributed by atoms with E-state index in [1.54, 1.807) is 18.2 Å². The number of nitrogens with zero attached hydrogens (tertiary/aromatic N) is 1. The Morgan fingerprint density at radius 2 is 2.00 bits per heavy atom. The molecule has 0 fully saturated rings. The van der Waals surface area contributed by atoms with E-state index >= 15 is 0 Å². The van der Waals surface area contributed by atoms with Gasteiger partial charge < -0.3 is 5.11 Å². The smallest absolute Gasteiger partial charge is 0.244 e. The molecule has 0 aliphatic heterocycles. The van der Waals surface area contributed by atoms with Crippen molar-refractivity contribution >= 4 is 12.1 Å². The molecule has 102 valence electrons. The van der Waals surface area contributed by atoms with Gasteiger partial charge in [-0.05, 0) is 24.6 Å². The average Bonchev–Trinajstić information content (AvgIpc) is 2.44. The Morgan fingerprint density at radius 3 is 2.75 bits per heavy atom. The van der Waals surface area contributed by atoms with Gasteiger partial charge >= 0.3 is 0 Å². The molecule has 0 saturated heterocycles. The number of carbonyl (C=O) groups is 1. The molecule has 0 aromatic heterocycles. The summed E-state index contributed by atoms with van der Waals surface area (Å²) in [5.41, 5.74) is 4.96. The van der Waals surface area contributed by atoms with E-state index in [0.29, 0.717) is 5.56 Å². The number of hydrogen-bond donors (Lipinski definition) is 2. The van der Waals surface area contributed by atoms with Crippen molar-refractivity contribution in [1.29, 1.82) is 0 Å². The second kappa shape index (κ2) is 6.52. The highest BCUT2D eigenvalue weighted by Crippen LogP contribution is 2.15. The van der Waals surface area contributed by atoms with E-state index in [4.69, 9.17) is 0 Å². The summed E-state index contributed by atoms with van der Waals surface area (Å²) in [5, 5.41) is 13.5. The summed E-state index contributed by atoms with van der Waals surface area (Å²) in [6.45, 7) is 1.92. The van der Waals surface area contributed by atoms with E-state index in [-0.39, 0.29) is 18.1 Å². The molecule has 2 aromatic rings. The Balaban J connectivity index is 1.93. The lowest BCUT2D eigenvalue weighted by atomic mass is 10.1. The first kappa shape index (κ1) is 13.8. The summed E-state index contributed by atoms with van der Waals surface area (Å²) < 4.78 is 0. The number of amides is 1. The third kappa shape index (κ3) is 3.95. The van der Waals surface area contributed by atoms with Gasteiger partial charge in [0.25, 0.3) is 0 Å². The quantitative estimate of drug-likeness (QED) is 0.660. The minimum atomic E-state index is -0.195. The number of rotatable bonds is 4. The molecule has 2 N–H and O–H groups in total. The molecule has 0 saturated carbocycles. The van der Waals surface area contributed by atoms with E-state index in [1.807, 2.05) is 37.3 Å². The maximum absolute atomic E-state index is 11.7.